The van der Waals surface area contributed by atoms with Crippen LogP contribution < -0.4 is 16.2 Å². The minimum absolute atomic E-state index is 0.0863. The number of rotatable bonds is 4. The molecule has 0 saturated carbocycles. The van der Waals surface area contributed by atoms with Gasteiger partial charge in [-0.05, 0) is 25.0 Å². The second kappa shape index (κ2) is 5.54. The third kappa shape index (κ3) is 2.91. The van der Waals surface area contributed by atoms with Crippen LogP contribution in [0.3, 0.4) is 0 Å². The Bertz CT molecular complexity index is 406. The molecule has 0 atom stereocenters. The first-order valence-electron chi connectivity index (χ1n) is 6.11. The van der Waals surface area contributed by atoms with Crippen molar-refractivity contribution in [2.75, 3.05) is 32.1 Å². The highest BCUT2D eigenvalue weighted by Gasteiger charge is 2.32. The van der Waals surface area contributed by atoms with Crippen molar-refractivity contribution >= 4 is 5.69 Å². The van der Waals surface area contributed by atoms with E-state index in [0.29, 0.717) is 37.8 Å². The van der Waals surface area contributed by atoms with Crippen molar-refractivity contribution in [2.24, 2.45) is 11.1 Å². The number of halogens is 1. The largest absolute Gasteiger partial charge is 0.491 e. The van der Waals surface area contributed by atoms with E-state index in [2.05, 4.69) is 0 Å². The van der Waals surface area contributed by atoms with Crippen molar-refractivity contribution in [3.05, 3.63) is 24.0 Å². The summed E-state index contributed by atoms with van der Waals surface area (Å²) in [6, 6.07) is 4.12. The van der Waals surface area contributed by atoms with Gasteiger partial charge in [-0.25, -0.2) is 4.39 Å². The summed E-state index contributed by atoms with van der Waals surface area (Å²) in [5.74, 6) is 0.0299. The summed E-state index contributed by atoms with van der Waals surface area (Å²) in [5.41, 5.74) is 11.9. The lowest BCUT2D eigenvalue weighted by atomic mass is 9.81. The van der Waals surface area contributed by atoms with E-state index in [1.165, 1.54) is 18.2 Å². The summed E-state index contributed by atoms with van der Waals surface area (Å²) in [6.07, 6.45) is 1.72. The van der Waals surface area contributed by atoms with E-state index in [1.807, 2.05) is 0 Å². The van der Waals surface area contributed by atoms with Crippen LogP contribution in [0.1, 0.15) is 12.8 Å². The Labute approximate surface area is 106 Å². The van der Waals surface area contributed by atoms with Gasteiger partial charge in [0, 0.05) is 31.2 Å². The van der Waals surface area contributed by atoms with Crippen LogP contribution in [-0.4, -0.2) is 26.4 Å². The monoisotopic (exact) mass is 254 g/mol. The number of hydrogen-bond acceptors (Lipinski definition) is 4. The molecule has 4 nitrogen and oxygen atoms in total. The molecule has 0 amide bonds. The molecule has 1 heterocycles. The Morgan fingerprint density at radius 1 is 1.33 bits per heavy atom. The van der Waals surface area contributed by atoms with E-state index in [-0.39, 0.29) is 11.2 Å². The van der Waals surface area contributed by atoms with E-state index in [1.54, 1.807) is 0 Å². The number of ether oxygens (including phenoxy) is 2. The predicted molar refractivity (Wildman–Crippen MR) is 67.8 cm³/mol. The molecule has 0 aromatic heterocycles. The Morgan fingerprint density at radius 2 is 2.06 bits per heavy atom. The molecule has 18 heavy (non-hydrogen) atoms. The van der Waals surface area contributed by atoms with Gasteiger partial charge in [-0.2, -0.15) is 0 Å². The number of hydrogen-bond donors (Lipinski definition) is 2. The van der Waals surface area contributed by atoms with Gasteiger partial charge in [-0.3, -0.25) is 0 Å². The average molecular weight is 254 g/mol. The molecule has 0 unspecified atom stereocenters. The van der Waals surface area contributed by atoms with Gasteiger partial charge in [0.05, 0.1) is 12.3 Å². The Morgan fingerprint density at radius 3 is 2.72 bits per heavy atom. The minimum Gasteiger partial charge on any atom is -0.491 e. The number of anilines is 1. The summed E-state index contributed by atoms with van der Waals surface area (Å²) in [5, 5.41) is 0. The molecule has 0 radical (unpaired) electrons. The fourth-order valence-corrected chi connectivity index (χ4v) is 2.08. The molecule has 0 aliphatic carbocycles. The minimum atomic E-state index is -0.354. The highest BCUT2D eigenvalue weighted by Crippen LogP contribution is 2.31. The van der Waals surface area contributed by atoms with Crippen molar-refractivity contribution < 1.29 is 13.9 Å². The zero-order chi connectivity index (χ0) is 13.0. The van der Waals surface area contributed by atoms with Gasteiger partial charge in [0.15, 0.2) is 0 Å². The van der Waals surface area contributed by atoms with Crippen LogP contribution in [0.5, 0.6) is 5.75 Å². The molecular formula is C13H19FN2O2. The zero-order valence-corrected chi connectivity index (χ0v) is 10.3. The van der Waals surface area contributed by atoms with Gasteiger partial charge in [0.1, 0.15) is 11.6 Å². The summed E-state index contributed by atoms with van der Waals surface area (Å²) >= 11 is 0. The van der Waals surface area contributed by atoms with Crippen LogP contribution >= 0.6 is 0 Å². The molecule has 4 N–H and O–H groups in total. The lowest BCUT2D eigenvalue weighted by Gasteiger charge is -2.35. The summed E-state index contributed by atoms with van der Waals surface area (Å²) in [7, 11) is 0. The molecule has 100 valence electrons. The first kappa shape index (κ1) is 13.1. The second-order valence-electron chi connectivity index (χ2n) is 4.79. The van der Waals surface area contributed by atoms with E-state index in [9.17, 15) is 4.39 Å². The van der Waals surface area contributed by atoms with Gasteiger partial charge in [-0.1, -0.05) is 0 Å². The summed E-state index contributed by atoms with van der Waals surface area (Å²) < 4.78 is 24.1. The number of nitrogens with two attached hydrogens (primary N) is 2. The molecular weight excluding hydrogens is 235 g/mol. The average Bonchev–Trinajstić information content (AvgIpc) is 2.41. The molecule has 0 bridgehead atoms. The van der Waals surface area contributed by atoms with E-state index in [0.717, 1.165) is 12.8 Å². The van der Waals surface area contributed by atoms with Crippen LogP contribution in [0.15, 0.2) is 18.2 Å². The van der Waals surface area contributed by atoms with Crippen molar-refractivity contribution in [1.82, 2.24) is 0 Å². The second-order valence-corrected chi connectivity index (χ2v) is 4.79. The maximum absolute atomic E-state index is 13.1. The first-order valence-corrected chi connectivity index (χ1v) is 6.11. The van der Waals surface area contributed by atoms with Gasteiger partial charge in [-0.15, -0.1) is 0 Å². The molecule has 0 spiro atoms. The van der Waals surface area contributed by atoms with Gasteiger partial charge in [0.2, 0.25) is 0 Å². The highest BCUT2D eigenvalue weighted by atomic mass is 19.1. The maximum atomic E-state index is 13.1. The standard InChI is InChI=1S/C13H19FN2O2/c14-10-1-2-11(16)12(7-10)18-9-13(8-15)3-5-17-6-4-13/h1-2,7H,3-6,8-9,15-16H2. The third-order valence-electron chi connectivity index (χ3n) is 3.50. The Balaban J connectivity index is 2.03. The Kier molecular flexibility index (Phi) is 4.04. The smallest absolute Gasteiger partial charge is 0.145 e. The summed E-state index contributed by atoms with van der Waals surface area (Å²) in [4.78, 5) is 0. The van der Waals surface area contributed by atoms with E-state index in [4.69, 9.17) is 20.9 Å². The Hall–Kier alpha value is -1.33. The molecule has 1 saturated heterocycles. The van der Waals surface area contributed by atoms with Crippen LogP contribution in [-0.2, 0) is 4.74 Å². The topological polar surface area (TPSA) is 70.5 Å². The SMILES string of the molecule is NCC1(COc2cc(F)ccc2N)CCOCC1. The lowest BCUT2D eigenvalue weighted by Crippen LogP contribution is -2.41. The third-order valence-corrected chi connectivity index (χ3v) is 3.50. The first-order chi connectivity index (χ1) is 8.65. The molecule has 5 heteroatoms. The van der Waals surface area contributed by atoms with E-state index < -0.39 is 0 Å². The van der Waals surface area contributed by atoms with Gasteiger partial charge < -0.3 is 20.9 Å². The van der Waals surface area contributed by atoms with Crippen LogP contribution in [0.25, 0.3) is 0 Å². The van der Waals surface area contributed by atoms with Crippen molar-refractivity contribution in [3.8, 4) is 5.75 Å². The molecule has 1 aromatic carbocycles. The lowest BCUT2D eigenvalue weighted by molar-refractivity contribution is -0.00489. The van der Waals surface area contributed by atoms with E-state index >= 15 is 0 Å². The summed E-state index contributed by atoms with van der Waals surface area (Å²) in [6.45, 7) is 2.37. The molecule has 1 aromatic rings. The van der Waals surface area contributed by atoms with Gasteiger partial charge in [0.25, 0.3) is 0 Å². The molecule has 1 aliphatic rings. The fourth-order valence-electron chi connectivity index (χ4n) is 2.08. The predicted octanol–water partition coefficient (Wildman–Crippen LogP) is 1.54. The molecule has 1 aliphatic heterocycles. The van der Waals surface area contributed by atoms with Gasteiger partial charge >= 0.3 is 0 Å². The maximum Gasteiger partial charge on any atom is 0.145 e. The van der Waals surface area contributed by atoms with Crippen LogP contribution in [0.4, 0.5) is 10.1 Å². The van der Waals surface area contributed by atoms with Crippen LogP contribution in [0, 0.1) is 11.2 Å². The zero-order valence-electron chi connectivity index (χ0n) is 10.3. The quantitative estimate of drug-likeness (QED) is 0.800. The molecule has 2 rings (SSSR count). The fraction of sp³-hybridized carbons (Fsp3) is 0.538. The highest BCUT2D eigenvalue weighted by molar-refractivity contribution is 5.52. The van der Waals surface area contributed by atoms with Crippen LogP contribution in [0.2, 0.25) is 0 Å². The normalized spacial score (nSPS) is 18.6. The van der Waals surface area contributed by atoms with Crippen molar-refractivity contribution in [1.29, 1.82) is 0 Å². The number of nitrogen functional groups attached to an aromatic ring is 1. The number of benzene rings is 1. The molecule has 1 fully saturated rings. The van der Waals surface area contributed by atoms with Crippen molar-refractivity contribution in [3.63, 3.8) is 0 Å². The van der Waals surface area contributed by atoms with Crippen molar-refractivity contribution in [2.45, 2.75) is 12.8 Å².